The highest BCUT2D eigenvalue weighted by Gasteiger charge is 2.18. The van der Waals surface area contributed by atoms with E-state index in [9.17, 15) is 4.79 Å². The Hall–Kier alpha value is -2.95. The Bertz CT molecular complexity index is 900. The zero-order valence-electron chi connectivity index (χ0n) is 16.1. The van der Waals surface area contributed by atoms with E-state index in [0.29, 0.717) is 18.9 Å². The lowest BCUT2D eigenvalue weighted by atomic mass is 10.1. The molecule has 0 fully saturated rings. The molecule has 0 aliphatic heterocycles. The maximum absolute atomic E-state index is 12.5. The molecule has 3 rings (SSSR count). The number of aryl methyl sites for hydroxylation is 3. The Balaban J connectivity index is 1.89. The second-order valence-corrected chi connectivity index (χ2v) is 7.14. The molecule has 0 unspecified atom stereocenters. The molecule has 3 aromatic rings. The monoisotopic (exact) mass is 362 g/mol. The average molecular weight is 362 g/mol. The number of nitrogens with zero attached hydrogens (tertiary/aromatic N) is 3. The fourth-order valence-corrected chi connectivity index (χ4v) is 2.87. The first-order valence-electron chi connectivity index (χ1n) is 9.38. The van der Waals surface area contributed by atoms with Crippen LogP contribution in [-0.4, -0.2) is 27.2 Å². The molecule has 0 radical (unpaired) electrons. The Morgan fingerprint density at radius 2 is 1.74 bits per heavy atom. The Labute approximate surface area is 160 Å². The van der Waals surface area contributed by atoms with Crippen molar-refractivity contribution >= 4 is 5.91 Å². The molecule has 0 saturated heterocycles. The van der Waals surface area contributed by atoms with Crippen LogP contribution in [0.15, 0.2) is 54.6 Å². The summed E-state index contributed by atoms with van der Waals surface area (Å²) in [4.78, 5) is 17.0. The van der Waals surface area contributed by atoms with E-state index in [-0.39, 0.29) is 11.7 Å². The third-order valence-electron chi connectivity index (χ3n) is 4.37. The normalized spacial score (nSPS) is 11.0. The topological polar surface area (TPSA) is 59.8 Å². The molecule has 5 nitrogen and oxygen atoms in total. The van der Waals surface area contributed by atoms with Crippen LogP contribution in [-0.2, 0) is 12.8 Å². The summed E-state index contributed by atoms with van der Waals surface area (Å²) in [5, 5.41) is 7.43. The summed E-state index contributed by atoms with van der Waals surface area (Å²) < 4.78 is 1.81. The number of aromatic nitrogens is 3. The lowest BCUT2D eigenvalue weighted by Crippen LogP contribution is -2.28. The van der Waals surface area contributed by atoms with Crippen LogP contribution in [0.5, 0.6) is 0 Å². The molecule has 5 heteroatoms. The number of para-hydroxylation sites is 1. The van der Waals surface area contributed by atoms with Gasteiger partial charge in [-0.25, -0.2) is 9.67 Å². The molecule has 0 atom stereocenters. The Morgan fingerprint density at radius 1 is 1.04 bits per heavy atom. The first-order valence-corrected chi connectivity index (χ1v) is 9.38. The second kappa shape index (κ2) is 8.62. The first-order chi connectivity index (χ1) is 13.0. The highest BCUT2D eigenvalue weighted by molar-refractivity contribution is 5.90. The predicted octanol–water partition coefficient (Wildman–Crippen LogP) is 3.75. The van der Waals surface area contributed by atoms with E-state index in [1.807, 2.05) is 54.1 Å². The van der Waals surface area contributed by atoms with Gasteiger partial charge in [-0.3, -0.25) is 4.79 Å². The molecule has 1 N–H and O–H groups in total. The maximum atomic E-state index is 12.5. The molecule has 0 aliphatic rings. The zero-order chi connectivity index (χ0) is 19.2. The van der Waals surface area contributed by atoms with Gasteiger partial charge in [-0.2, -0.15) is 0 Å². The summed E-state index contributed by atoms with van der Waals surface area (Å²) in [7, 11) is 0. The summed E-state index contributed by atoms with van der Waals surface area (Å²) in [6.45, 7) is 6.77. The second-order valence-electron chi connectivity index (χ2n) is 7.14. The molecule has 0 saturated carbocycles. The molecule has 140 valence electrons. The van der Waals surface area contributed by atoms with Crippen LogP contribution in [0.1, 0.15) is 41.4 Å². The summed E-state index contributed by atoms with van der Waals surface area (Å²) >= 11 is 0. The summed E-state index contributed by atoms with van der Waals surface area (Å²) in [5.74, 6) is 1.17. The predicted molar refractivity (Wildman–Crippen MR) is 107 cm³/mol. The molecule has 1 amide bonds. The van der Waals surface area contributed by atoms with Crippen molar-refractivity contribution in [1.29, 1.82) is 0 Å². The smallest absolute Gasteiger partial charge is 0.290 e. The lowest BCUT2D eigenvalue weighted by Gasteiger charge is -2.08. The van der Waals surface area contributed by atoms with Crippen LogP contribution in [0.4, 0.5) is 0 Å². The molecule has 27 heavy (non-hydrogen) atoms. The van der Waals surface area contributed by atoms with Crippen LogP contribution in [0.2, 0.25) is 0 Å². The van der Waals surface area contributed by atoms with Crippen molar-refractivity contribution in [1.82, 2.24) is 20.1 Å². The molecule has 2 aromatic carbocycles. The van der Waals surface area contributed by atoms with E-state index in [0.717, 1.165) is 23.5 Å². The molecule has 0 bridgehead atoms. The standard InChI is InChI=1S/C22H26N4O/c1-16(2)15-23-22(27)21-24-20(14-13-18-10-5-4-6-11-18)26(25-21)19-12-8-7-9-17(19)3/h4-12,16H,13-15H2,1-3H3,(H,23,27). The van der Waals surface area contributed by atoms with E-state index in [1.54, 1.807) is 0 Å². The van der Waals surface area contributed by atoms with Gasteiger partial charge in [0.25, 0.3) is 5.91 Å². The van der Waals surface area contributed by atoms with Crippen LogP contribution in [0.25, 0.3) is 5.69 Å². The molecule has 1 aromatic heterocycles. The van der Waals surface area contributed by atoms with Crippen molar-refractivity contribution in [2.24, 2.45) is 5.92 Å². The van der Waals surface area contributed by atoms with Gasteiger partial charge in [-0.1, -0.05) is 62.4 Å². The van der Waals surface area contributed by atoms with Gasteiger partial charge < -0.3 is 5.32 Å². The minimum atomic E-state index is -0.225. The van der Waals surface area contributed by atoms with Crippen LogP contribution in [0.3, 0.4) is 0 Å². The zero-order valence-corrected chi connectivity index (χ0v) is 16.1. The van der Waals surface area contributed by atoms with Crippen LogP contribution >= 0.6 is 0 Å². The SMILES string of the molecule is Cc1ccccc1-n1nc(C(=O)NCC(C)C)nc1CCc1ccccc1. The van der Waals surface area contributed by atoms with Crippen molar-refractivity contribution in [2.45, 2.75) is 33.6 Å². The minimum absolute atomic E-state index is 0.224. The highest BCUT2D eigenvalue weighted by Crippen LogP contribution is 2.16. The Kier molecular flexibility index (Phi) is 6.01. The fourth-order valence-electron chi connectivity index (χ4n) is 2.87. The molecule has 1 heterocycles. The first kappa shape index (κ1) is 18.8. The van der Waals surface area contributed by atoms with Gasteiger partial charge in [0.05, 0.1) is 5.69 Å². The summed E-state index contributed by atoms with van der Waals surface area (Å²) in [6.07, 6.45) is 1.56. The van der Waals surface area contributed by atoms with Gasteiger partial charge in [0, 0.05) is 13.0 Å². The van der Waals surface area contributed by atoms with Crippen molar-refractivity contribution in [3.05, 3.63) is 77.4 Å². The summed E-state index contributed by atoms with van der Waals surface area (Å²) in [6, 6.07) is 18.3. The van der Waals surface area contributed by atoms with E-state index in [4.69, 9.17) is 0 Å². The van der Waals surface area contributed by atoms with Crippen molar-refractivity contribution < 1.29 is 4.79 Å². The van der Waals surface area contributed by atoms with Crippen molar-refractivity contribution in [2.75, 3.05) is 6.54 Å². The van der Waals surface area contributed by atoms with Crippen LogP contribution < -0.4 is 5.32 Å². The number of hydrogen-bond donors (Lipinski definition) is 1. The van der Waals surface area contributed by atoms with Gasteiger partial charge in [0.1, 0.15) is 5.82 Å². The number of benzene rings is 2. The quantitative estimate of drug-likeness (QED) is 0.696. The average Bonchev–Trinajstić information content (AvgIpc) is 3.09. The third kappa shape index (κ3) is 4.82. The van der Waals surface area contributed by atoms with Crippen molar-refractivity contribution in [3.63, 3.8) is 0 Å². The minimum Gasteiger partial charge on any atom is -0.349 e. The van der Waals surface area contributed by atoms with E-state index < -0.39 is 0 Å². The van der Waals surface area contributed by atoms with E-state index in [2.05, 4.69) is 41.4 Å². The van der Waals surface area contributed by atoms with Gasteiger partial charge in [0.15, 0.2) is 0 Å². The third-order valence-corrected chi connectivity index (χ3v) is 4.37. The van der Waals surface area contributed by atoms with Gasteiger partial charge in [0.2, 0.25) is 5.82 Å². The molecule has 0 spiro atoms. The Morgan fingerprint density at radius 3 is 2.44 bits per heavy atom. The number of carbonyl (C=O) groups is 1. The highest BCUT2D eigenvalue weighted by atomic mass is 16.2. The number of carbonyl (C=O) groups excluding carboxylic acids is 1. The number of amides is 1. The van der Waals surface area contributed by atoms with E-state index >= 15 is 0 Å². The largest absolute Gasteiger partial charge is 0.349 e. The van der Waals surface area contributed by atoms with Gasteiger partial charge in [-0.05, 0) is 36.5 Å². The maximum Gasteiger partial charge on any atom is 0.290 e. The molecule has 0 aliphatic carbocycles. The van der Waals surface area contributed by atoms with Gasteiger partial charge in [-0.15, -0.1) is 5.10 Å². The number of rotatable bonds is 7. The van der Waals surface area contributed by atoms with E-state index in [1.165, 1.54) is 5.56 Å². The van der Waals surface area contributed by atoms with Crippen LogP contribution in [0, 0.1) is 12.8 Å². The lowest BCUT2D eigenvalue weighted by molar-refractivity contribution is 0.0938. The number of hydrogen-bond acceptors (Lipinski definition) is 3. The van der Waals surface area contributed by atoms with Crippen molar-refractivity contribution in [3.8, 4) is 5.69 Å². The fraction of sp³-hybridized carbons (Fsp3) is 0.318. The molecular formula is C22H26N4O. The van der Waals surface area contributed by atoms with Gasteiger partial charge >= 0.3 is 0 Å². The molecular weight excluding hydrogens is 336 g/mol. The number of nitrogens with one attached hydrogen (secondary N) is 1. The summed E-state index contributed by atoms with van der Waals surface area (Å²) in [5.41, 5.74) is 3.29.